The molecule has 30 heavy (non-hydrogen) atoms. The SMILES string of the molecule is CCN(CC)CCCNC(=O)CNC(=O)Cn1cnc2sc3c(c2c1=O)CCCC3. The predicted molar refractivity (Wildman–Crippen MR) is 119 cm³/mol. The van der Waals surface area contributed by atoms with E-state index in [-0.39, 0.29) is 30.5 Å². The van der Waals surface area contributed by atoms with Gasteiger partial charge in [0.25, 0.3) is 5.56 Å². The van der Waals surface area contributed by atoms with E-state index in [0.717, 1.165) is 62.1 Å². The summed E-state index contributed by atoms with van der Waals surface area (Å²) in [5, 5.41) is 6.06. The van der Waals surface area contributed by atoms with Crippen molar-refractivity contribution in [1.82, 2.24) is 25.1 Å². The summed E-state index contributed by atoms with van der Waals surface area (Å²) in [5.41, 5.74) is 0.938. The summed E-state index contributed by atoms with van der Waals surface area (Å²) in [7, 11) is 0. The fourth-order valence-corrected chi connectivity index (χ4v) is 5.04. The van der Waals surface area contributed by atoms with E-state index < -0.39 is 0 Å². The molecule has 164 valence electrons. The van der Waals surface area contributed by atoms with Gasteiger partial charge < -0.3 is 15.5 Å². The minimum atomic E-state index is -0.374. The van der Waals surface area contributed by atoms with Crippen LogP contribution in [0, 0.1) is 0 Å². The van der Waals surface area contributed by atoms with E-state index in [2.05, 4.69) is 34.4 Å². The van der Waals surface area contributed by atoms with Crippen LogP contribution in [-0.2, 0) is 29.0 Å². The van der Waals surface area contributed by atoms with Crippen LogP contribution in [0.15, 0.2) is 11.1 Å². The molecule has 3 rings (SSSR count). The molecule has 8 nitrogen and oxygen atoms in total. The van der Waals surface area contributed by atoms with E-state index in [1.54, 1.807) is 11.3 Å². The number of aryl methyl sites for hydroxylation is 2. The Balaban J connectivity index is 1.49. The summed E-state index contributed by atoms with van der Waals surface area (Å²) in [6, 6.07) is 0. The number of fused-ring (bicyclic) bond motifs is 3. The van der Waals surface area contributed by atoms with Gasteiger partial charge in [-0.1, -0.05) is 13.8 Å². The van der Waals surface area contributed by atoms with E-state index in [4.69, 9.17) is 0 Å². The Morgan fingerprint density at radius 2 is 1.93 bits per heavy atom. The van der Waals surface area contributed by atoms with Crippen molar-refractivity contribution in [2.24, 2.45) is 0 Å². The summed E-state index contributed by atoms with van der Waals surface area (Å²) in [6.45, 7) is 7.50. The second-order valence-corrected chi connectivity index (χ2v) is 8.66. The first-order chi connectivity index (χ1) is 14.5. The molecule has 1 aliphatic rings. The maximum absolute atomic E-state index is 12.9. The smallest absolute Gasteiger partial charge is 0.262 e. The van der Waals surface area contributed by atoms with Crippen molar-refractivity contribution in [3.63, 3.8) is 0 Å². The minimum Gasteiger partial charge on any atom is -0.355 e. The first-order valence-corrected chi connectivity index (χ1v) is 11.6. The first kappa shape index (κ1) is 22.4. The summed E-state index contributed by atoms with van der Waals surface area (Å²) in [4.78, 5) is 45.8. The molecular formula is C21H31N5O3S. The zero-order valence-corrected chi connectivity index (χ0v) is 18.6. The number of aromatic nitrogens is 2. The fourth-order valence-electron chi connectivity index (χ4n) is 3.82. The second kappa shape index (κ2) is 10.7. The zero-order valence-electron chi connectivity index (χ0n) is 17.8. The fraction of sp³-hybridized carbons (Fsp3) is 0.619. The van der Waals surface area contributed by atoms with Gasteiger partial charge in [-0.05, 0) is 57.3 Å². The predicted octanol–water partition coefficient (Wildman–Crippen LogP) is 1.30. The molecule has 0 spiro atoms. The highest BCUT2D eigenvalue weighted by atomic mass is 32.1. The third-order valence-electron chi connectivity index (χ3n) is 5.57. The van der Waals surface area contributed by atoms with Crippen LogP contribution in [0.25, 0.3) is 10.2 Å². The molecule has 0 bridgehead atoms. The number of hydrogen-bond acceptors (Lipinski definition) is 6. The van der Waals surface area contributed by atoms with Gasteiger partial charge in [0.05, 0.1) is 18.3 Å². The number of nitrogens with one attached hydrogen (secondary N) is 2. The van der Waals surface area contributed by atoms with Crippen LogP contribution in [0.5, 0.6) is 0 Å². The number of carbonyl (C=O) groups excluding carboxylic acids is 2. The lowest BCUT2D eigenvalue weighted by Crippen LogP contribution is -2.40. The molecule has 0 saturated carbocycles. The second-order valence-electron chi connectivity index (χ2n) is 7.58. The Morgan fingerprint density at radius 3 is 2.70 bits per heavy atom. The average molecular weight is 434 g/mol. The van der Waals surface area contributed by atoms with Crippen molar-refractivity contribution in [2.45, 2.75) is 52.5 Å². The van der Waals surface area contributed by atoms with Crippen LogP contribution in [0.1, 0.15) is 43.6 Å². The molecule has 0 radical (unpaired) electrons. The molecule has 0 saturated heterocycles. The number of rotatable bonds is 10. The number of carbonyl (C=O) groups is 2. The number of amides is 2. The maximum atomic E-state index is 12.9. The van der Waals surface area contributed by atoms with Crippen LogP contribution in [0.2, 0.25) is 0 Å². The minimum absolute atomic E-state index is 0.0949. The Morgan fingerprint density at radius 1 is 1.17 bits per heavy atom. The van der Waals surface area contributed by atoms with Gasteiger partial charge in [-0.2, -0.15) is 0 Å². The van der Waals surface area contributed by atoms with E-state index in [1.165, 1.54) is 15.8 Å². The highest BCUT2D eigenvalue weighted by Crippen LogP contribution is 2.33. The Labute approximate surface area is 180 Å². The number of hydrogen-bond donors (Lipinski definition) is 2. The summed E-state index contributed by atoms with van der Waals surface area (Å²) < 4.78 is 1.33. The largest absolute Gasteiger partial charge is 0.355 e. The van der Waals surface area contributed by atoms with Gasteiger partial charge in [-0.15, -0.1) is 11.3 Å². The van der Waals surface area contributed by atoms with Crippen molar-refractivity contribution in [3.05, 3.63) is 27.1 Å². The van der Waals surface area contributed by atoms with Crippen molar-refractivity contribution >= 4 is 33.4 Å². The van der Waals surface area contributed by atoms with Crippen LogP contribution < -0.4 is 16.2 Å². The Hall–Kier alpha value is -2.26. The monoisotopic (exact) mass is 433 g/mol. The number of thiophene rings is 1. The van der Waals surface area contributed by atoms with Gasteiger partial charge in [0.1, 0.15) is 11.4 Å². The topological polar surface area (TPSA) is 96.3 Å². The highest BCUT2D eigenvalue weighted by molar-refractivity contribution is 7.18. The molecule has 2 heterocycles. The van der Waals surface area contributed by atoms with Crippen molar-refractivity contribution < 1.29 is 9.59 Å². The van der Waals surface area contributed by atoms with Gasteiger partial charge in [0.15, 0.2) is 0 Å². The molecule has 2 aromatic heterocycles. The third kappa shape index (κ3) is 5.46. The van der Waals surface area contributed by atoms with Gasteiger partial charge in [0, 0.05) is 11.4 Å². The van der Waals surface area contributed by atoms with Crippen molar-refractivity contribution in [3.8, 4) is 0 Å². The van der Waals surface area contributed by atoms with Gasteiger partial charge in [0.2, 0.25) is 11.8 Å². The third-order valence-corrected chi connectivity index (χ3v) is 6.77. The van der Waals surface area contributed by atoms with E-state index >= 15 is 0 Å². The molecule has 0 aliphatic heterocycles. The lowest BCUT2D eigenvalue weighted by atomic mass is 9.97. The molecular weight excluding hydrogens is 402 g/mol. The molecule has 9 heteroatoms. The lowest BCUT2D eigenvalue weighted by Gasteiger charge is -2.17. The van der Waals surface area contributed by atoms with E-state index in [9.17, 15) is 14.4 Å². The van der Waals surface area contributed by atoms with Crippen molar-refractivity contribution in [1.29, 1.82) is 0 Å². The van der Waals surface area contributed by atoms with E-state index in [1.807, 2.05) is 0 Å². The van der Waals surface area contributed by atoms with Crippen LogP contribution in [0.4, 0.5) is 0 Å². The zero-order chi connectivity index (χ0) is 21.5. The summed E-state index contributed by atoms with van der Waals surface area (Å²) >= 11 is 1.59. The Bertz CT molecular complexity index is 948. The molecule has 0 atom stereocenters. The molecule has 0 unspecified atom stereocenters. The van der Waals surface area contributed by atoms with Gasteiger partial charge >= 0.3 is 0 Å². The standard InChI is InChI=1S/C21H31N5O3S/c1-3-25(4-2)11-7-10-22-17(27)12-23-18(28)13-26-14-24-20-19(21(26)29)15-8-5-6-9-16(15)30-20/h14H,3-13H2,1-2H3,(H,22,27)(H,23,28). The van der Waals surface area contributed by atoms with Crippen LogP contribution in [-0.4, -0.2) is 59.0 Å². The summed E-state index contributed by atoms with van der Waals surface area (Å²) in [5.74, 6) is -0.601. The van der Waals surface area contributed by atoms with Gasteiger partial charge in [-0.3, -0.25) is 19.0 Å². The van der Waals surface area contributed by atoms with E-state index in [0.29, 0.717) is 11.9 Å². The quantitative estimate of drug-likeness (QED) is 0.551. The molecule has 2 N–H and O–H groups in total. The maximum Gasteiger partial charge on any atom is 0.262 e. The summed E-state index contributed by atoms with van der Waals surface area (Å²) in [6.07, 6.45) is 6.43. The molecule has 1 aliphatic carbocycles. The molecule has 2 amide bonds. The normalized spacial score (nSPS) is 13.4. The number of nitrogens with zero attached hydrogens (tertiary/aromatic N) is 3. The average Bonchev–Trinajstić information content (AvgIpc) is 3.13. The highest BCUT2D eigenvalue weighted by Gasteiger charge is 2.20. The Kier molecular flexibility index (Phi) is 7.98. The van der Waals surface area contributed by atoms with Crippen molar-refractivity contribution in [2.75, 3.05) is 32.7 Å². The first-order valence-electron chi connectivity index (χ1n) is 10.8. The van der Waals surface area contributed by atoms with Crippen LogP contribution >= 0.6 is 11.3 Å². The molecule has 0 fully saturated rings. The van der Waals surface area contributed by atoms with Crippen LogP contribution in [0.3, 0.4) is 0 Å². The van der Waals surface area contributed by atoms with Gasteiger partial charge in [-0.25, -0.2) is 4.98 Å². The molecule has 2 aromatic rings. The molecule has 0 aromatic carbocycles. The lowest BCUT2D eigenvalue weighted by molar-refractivity contribution is -0.126.